The van der Waals surface area contributed by atoms with Crippen molar-refractivity contribution in [3.8, 4) is 0 Å². The predicted molar refractivity (Wildman–Crippen MR) is 95.4 cm³/mol. The standard InChI is InChI=1S/C13H17NO2.C6H11NO2/c15-13-14(10-11-16-13)9-5-4-8-12-6-2-1-3-7-12;1-4(2)5-3-9-6(8)7-5/h1-3,6-7H,4-5,8-11H2;4-5H,3H2,1-2H3,(H,7,8)/t;5-/m.1/s1. The maximum Gasteiger partial charge on any atom is 0.409 e. The normalized spacial score (nSPS) is 19.2. The van der Waals surface area contributed by atoms with E-state index >= 15 is 0 Å². The number of ether oxygens (including phenoxy) is 2. The van der Waals surface area contributed by atoms with Crippen molar-refractivity contribution in [1.82, 2.24) is 10.2 Å². The lowest BCUT2D eigenvalue weighted by Crippen LogP contribution is -2.30. The molecule has 0 radical (unpaired) electrons. The highest BCUT2D eigenvalue weighted by atomic mass is 16.6. The van der Waals surface area contributed by atoms with Crippen LogP contribution in [-0.4, -0.2) is 49.4 Å². The van der Waals surface area contributed by atoms with E-state index < -0.39 is 0 Å². The van der Waals surface area contributed by atoms with Crippen LogP contribution in [0.1, 0.15) is 32.3 Å². The Balaban J connectivity index is 0.000000212. The van der Waals surface area contributed by atoms with Crippen LogP contribution in [0.5, 0.6) is 0 Å². The number of hydrogen-bond acceptors (Lipinski definition) is 4. The Labute approximate surface area is 149 Å². The molecule has 2 amide bonds. The molecule has 1 aromatic rings. The van der Waals surface area contributed by atoms with Gasteiger partial charge in [0.1, 0.15) is 13.2 Å². The molecule has 25 heavy (non-hydrogen) atoms. The lowest BCUT2D eigenvalue weighted by atomic mass is 10.1. The molecule has 0 saturated carbocycles. The molecule has 2 fully saturated rings. The third-order valence-electron chi connectivity index (χ3n) is 4.33. The number of hydrogen-bond donors (Lipinski definition) is 1. The SMILES string of the molecule is CC(C)[C@H]1COC(=O)N1.O=C1OCCN1CCCCc1ccccc1. The zero-order valence-electron chi connectivity index (χ0n) is 15.1. The molecule has 1 atom stereocenters. The molecule has 138 valence electrons. The summed E-state index contributed by atoms with van der Waals surface area (Å²) in [5, 5.41) is 2.69. The van der Waals surface area contributed by atoms with Crippen LogP contribution in [-0.2, 0) is 15.9 Å². The van der Waals surface area contributed by atoms with Gasteiger partial charge >= 0.3 is 12.2 Å². The van der Waals surface area contributed by atoms with Crippen LogP contribution in [0.15, 0.2) is 30.3 Å². The van der Waals surface area contributed by atoms with Gasteiger partial charge in [-0.3, -0.25) is 0 Å². The van der Waals surface area contributed by atoms with Gasteiger partial charge < -0.3 is 19.7 Å². The zero-order valence-corrected chi connectivity index (χ0v) is 15.1. The van der Waals surface area contributed by atoms with Crippen molar-refractivity contribution in [1.29, 1.82) is 0 Å². The molecule has 6 nitrogen and oxygen atoms in total. The quantitative estimate of drug-likeness (QED) is 0.802. The van der Waals surface area contributed by atoms with Crippen molar-refractivity contribution in [2.24, 2.45) is 5.92 Å². The summed E-state index contributed by atoms with van der Waals surface area (Å²) in [7, 11) is 0. The molecule has 2 aliphatic rings. The smallest absolute Gasteiger partial charge is 0.409 e. The first kappa shape index (κ1) is 19.1. The summed E-state index contributed by atoms with van der Waals surface area (Å²) in [6, 6.07) is 10.7. The van der Waals surface area contributed by atoms with Gasteiger partial charge in [-0.2, -0.15) is 0 Å². The predicted octanol–water partition coefficient (Wildman–Crippen LogP) is 3.21. The first-order chi connectivity index (χ1) is 12.1. The highest BCUT2D eigenvalue weighted by Gasteiger charge is 2.24. The van der Waals surface area contributed by atoms with Crippen molar-refractivity contribution in [2.75, 3.05) is 26.3 Å². The lowest BCUT2D eigenvalue weighted by molar-refractivity contribution is 0.158. The van der Waals surface area contributed by atoms with Crippen molar-refractivity contribution in [3.63, 3.8) is 0 Å². The second-order valence-electron chi connectivity index (χ2n) is 6.64. The Morgan fingerprint density at radius 2 is 1.92 bits per heavy atom. The van der Waals surface area contributed by atoms with E-state index in [1.54, 1.807) is 4.90 Å². The number of rotatable bonds is 6. The van der Waals surface area contributed by atoms with Crippen LogP contribution in [0.4, 0.5) is 9.59 Å². The maximum absolute atomic E-state index is 11.1. The second-order valence-corrected chi connectivity index (χ2v) is 6.64. The summed E-state index contributed by atoms with van der Waals surface area (Å²) in [5.74, 6) is 0.469. The van der Waals surface area contributed by atoms with E-state index in [1.165, 1.54) is 5.56 Å². The molecule has 2 saturated heterocycles. The number of aryl methyl sites for hydroxylation is 1. The third kappa shape index (κ3) is 6.64. The number of amides is 2. The number of benzene rings is 1. The number of unbranched alkanes of at least 4 members (excludes halogenated alkanes) is 1. The van der Waals surface area contributed by atoms with Gasteiger partial charge in [-0.25, -0.2) is 9.59 Å². The Kier molecular flexibility index (Phi) is 7.57. The van der Waals surface area contributed by atoms with E-state index in [9.17, 15) is 9.59 Å². The molecule has 6 heteroatoms. The van der Waals surface area contributed by atoms with Gasteiger partial charge in [0.25, 0.3) is 0 Å². The van der Waals surface area contributed by atoms with Gasteiger partial charge in [0.05, 0.1) is 12.6 Å². The number of nitrogens with zero attached hydrogens (tertiary/aromatic N) is 1. The van der Waals surface area contributed by atoms with Crippen molar-refractivity contribution >= 4 is 12.2 Å². The Morgan fingerprint density at radius 1 is 1.16 bits per heavy atom. The van der Waals surface area contributed by atoms with E-state index in [1.807, 2.05) is 6.07 Å². The average molecular weight is 348 g/mol. The van der Waals surface area contributed by atoms with E-state index in [0.717, 1.165) is 32.4 Å². The van der Waals surface area contributed by atoms with Gasteiger partial charge in [0.2, 0.25) is 0 Å². The molecule has 1 N–H and O–H groups in total. The highest BCUT2D eigenvalue weighted by Crippen LogP contribution is 2.08. The summed E-state index contributed by atoms with van der Waals surface area (Å²) >= 11 is 0. The zero-order chi connectivity index (χ0) is 18.1. The molecule has 3 rings (SSSR count). The molecule has 0 bridgehead atoms. The second kappa shape index (κ2) is 9.91. The van der Waals surface area contributed by atoms with Crippen LogP contribution in [0.25, 0.3) is 0 Å². The van der Waals surface area contributed by atoms with Crippen LogP contribution >= 0.6 is 0 Å². The molecule has 2 heterocycles. The molecule has 0 aliphatic carbocycles. The monoisotopic (exact) mass is 348 g/mol. The van der Waals surface area contributed by atoms with Crippen LogP contribution in [0.2, 0.25) is 0 Å². The fourth-order valence-electron chi connectivity index (χ4n) is 2.66. The van der Waals surface area contributed by atoms with Crippen LogP contribution < -0.4 is 5.32 Å². The molecular weight excluding hydrogens is 320 g/mol. The van der Waals surface area contributed by atoms with Crippen molar-refractivity contribution in [2.45, 2.75) is 39.2 Å². The van der Waals surface area contributed by atoms with E-state index in [-0.39, 0.29) is 18.2 Å². The van der Waals surface area contributed by atoms with Gasteiger partial charge in [-0.05, 0) is 30.7 Å². The fourth-order valence-corrected chi connectivity index (χ4v) is 2.66. The van der Waals surface area contributed by atoms with E-state index in [4.69, 9.17) is 4.74 Å². The largest absolute Gasteiger partial charge is 0.448 e. The maximum atomic E-state index is 11.1. The molecule has 0 unspecified atom stereocenters. The Bertz CT molecular complexity index is 548. The Hall–Kier alpha value is -2.24. The first-order valence-corrected chi connectivity index (χ1v) is 8.95. The van der Waals surface area contributed by atoms with Gasteiger partial charge in [0, 0.05) is 6.54 Å². The third-order valence-corrected chi connectivity index (χ3v) is 4.33. The van der Waals surface area contributed by atoms with Crippen LogP contribution in [0.3, 0.4) is 0 Å². The minimum absolute atomic E-state index is 0.153. The first-order valence-electron chi connectivity index (χ1n) is 8.95. The summed E-state index contributed by atoms with van der Waals surface area (Å²) in [6.45, 7) is 6.77. The van der Waals surface area contributed by atoms with Gasteiger partial charge in [-0.1, -0.05) is 44.2 Å². The van der Waals surface area contributed by atoms with Gasteiger partial charge in [0.15, 0.2) is 0 Å². The van der Waals surface area contributed by atoms with Gasteiger partial charge in [-0.15, -0.1) is 0 Å². The van der Waals surface area contributed by atoms with Crippen molar-refractivity contribution < 1.29 is 19.1 Å². The summed E-state index contributed by atoms with van der Waals surface area (Å²) in [6.07, 6.45) is 2.81. The molecule has 0 spiro atoms. The lowest BCUT2D eigenvalue weighted by Gasteiger charge is -2.11. The minimum atomic E-state index is -0.284. The molecule has 1 aromatic carbocycles. The summed E-state index contributed by atoms with van der Waals surface area (Å²) in [5.41, 5.74) is 1.37. The minimum Gasteiger partial charge on any atom is -0.448 e. The topological polar surface area (TPSA) is 67.9 Å². The Morgan fingerprint density at radius 3 is 2.44 bits per heavy atom. The molecular formula is C19H28N2O4. The number of nitrogens with one attached hydrogen (secondary N) is 1. The highest BCUT2D eigenvalue weighted by molar-refractivity contribution is 5.69. The molecule has 2 aliphatic heterocycles. The number of alkyl carbamates (subject to hydrolysis) is 1. The average Bonchev–Trinajstić information content (AvgIpc) is 3.22. The number of carbonyl (C=O) groups excluding carboxylic acids is 2. The summed E-state index contributed by atoms with van der Waals surface area (Å²) < 4.78 is 9.54. The van der Waals surface area contributed by atoms with E-state index in [2.05, 4.69) is 48.2 Å². The van der Waals surface area contributed by atoms with Crippen LogP contribution in [0, 0.1) is 5.92 Å². The van der Waals surface area contributed by atoms with E-state index in [0.29, 0.717) is 19.1 Å². The number of carbonyl (C=O) groups is 2. The summed E-state index contributed by atoms with van der Waals surface area (Å²) in [4.78, 5) is 23.3. The molecule has 0 aromatic heterocycles. The number of cyclic esters (lactones) is 2. The van der Waals surface area contributed by atoms with Crippen molar-refractivity contribution in [3.05, 3.63) is 35.9 Å². The fraction of sp³-hybridized carbons (Fsp3) is 0.579.